The summed E-state index contributed by atoms with van der Waals surface area (Å²) in [6.45, 7) is 5.48. The van der Waals surface area contributed by atoms with E-state index >= 15 is 0 Å². The predicted molar refractivity (Wildman–Crippen MR) is 34.8 cm³/mol. The van der Waals surface area contributed by atoms with Crippen molar-refractivity contribution in [2.45, 2.75) is 26.4 Å². The number of ether oxygens (including phenoxy) is 1. The molecule has 0 aliphatic rings. The van der Waals surface area contributed by atoms with Gasteiger partial charge in [0.2, 0.25) is 0 Å². The zero-order chi connectivity index (χ0) is 6.41. The molecule has 0 radical (unpaired) electrons. The molecule has 0 saturated carbocycles. The lowest BCUT2D eigenvalue weighted by atomic mass is 10.3. The minimum absolute atomic E-state index is 0.278. The molecule has 0 aliphatic heterocycles. The molecule has 0 aromatic rings. The number of hydrogen-bond acceptors (Lipinski definition) is 2. The Morgan fingerprint density at radius 2 is 2.12 bits per heavy atom. The third-order valence-corrected chi connectivity index (χ3v) is 1.12. The Labute approximate surface area is 51.0 Å². The first kappa shape index (κ1) is 7.92. The van der Waals surface area contributed by atoms with Crippen molar-refractivity contribution in [3.8, 4) is 0 Å². The largest absolute Gasteiger partial charge is 0.377 e. The van der Waals surface area contributed by atoms with E-state index in [-0.39, 0.29) is 6.10 Å². The molecule has 1 unspecified atom stereocenters. The van der Waals surface area contributed by atoms with Crippen molar-refractivity contribution in [3.05, 3.63) is 0 Å². The molecule has 8 heavy (non-hydrogen) atoms. The minimum atomic E-state index is 0.278. The average molecular weight is 117 g/mol. The van der Waals surface area contributed by atoms with Gasteiger partial charge >= 0.3 is 0 Å². The third kappa shape index (κ3) is 2.99. The van der Waals surface area contributed by atoms with E-state index in [4.69, 9.17) is 10.5 Å². The Kier molecular flexibility index (Phi) is 5.01. The van der Waals surface area contributed by atoms with Gasteiger partial charge in [-0.25, -0.2) is 0 Å². The first-order valence-electron chi connectivity index (χ1n) is 3.16. The Balaban J connectivity index is 3.07. The molecule has 0 aromatic heterocycles. The smallest absolute Gasteiger partial charge is 0.0694 e. The van der Waals surface area contributed by atoms with E-state index in [1.807, 2.05) is 6.92 Å². The van der Waals surface area contributed by atoms with Crippen LogP contribution in [-0.4, -0.2) is 19.3 Å². The molecule has 0 aliphatic carbocycles. The molecule has 2 nitrogen and oxygen atoms in total. The van der Waals surface area contributed by atoms with Gasteiger partial charge < -0.3 is 10.5 Å². The second-order valence-electron chi connectivity index (χ2n) is 1.72. The van der Waals surface area contributed by atoms with Crippen molar-refractivity contribution in [2.24, 2.45) is 5.73 Å². The summed E-state index contributed by atoms with van der Waals surface area (Å²) in [5.41, 5.74) is 5.34. The highest BCUT2D eigenvalue weighted by atomic mass is 16.5. The van der Waals surface area contributed by atoms with Crippen LogP contribution in [0.1, 0.15) is 20.3 Å². The summed E-state index contributed by atoms with van der Waals surface area (Å²) in [6, 6.07) is 0. The molecule has 0 saturated heterocycles. The predicted octanol–water partition coefficient (Wildman–Crippen LogP) is 0.760. The molecule has 0 bridgehead atoms. The van der Waals surface area contributed by atoms with Crippen LogP contribution in [0.5, 0.6) is 0 Å². The van der Waals surface area contributed by atoms with Crippen molar-refractivity contribution >= 4 is 0 Å². The first-order valence-corrected chi connectivity index (χ1v) is 3.16. The monoisotopic (exact) mass is 117 g/mol. The maximum absolute atomic E-state index is 5.34. The average Bonchev–Trinajstić information content (AvgIpc) is 1.83. The number of hydrogen-bond donors (Lipinski definition) is 1. The van der Waals surface area contributed by atoms with Crippen LogP contribution in [-0.2, 0) is 4.74 Å². The Morgan fingerprint density at radius 1 is 1.50 bits per heavy atom. The third-order valence-electron chi connectivity index (χ3n) is 1.12. The molecule has 0 spiro atoms. The minimum Gasteiger partial charge on any atom is -0.377 e. The number of nitrogens with two attached hydrogens (primary N) is 1. The molecule has 2 heteroatoms. The van der Waals surface area contributed by atoms with Crippen LogP contribution < -0.4 is 5.73 Å². The van der Waals surface area contributed by atoms with Gasteiger partial charge in [0.15, 0.2) is 0 Å². The molecule has 1 atom stereocenters. The number of rotatable bonds is 4. The fourth-order valence-corrected chi connectivity index (χ4v) is 0.588. The van der Waals surface area contributed by atoms with Gasteiger partial charge in [-0.3, -0.25) is 0 Å². The van der Waals surface area contributed by atoms with Crippen LogP contribution in [0.4, 0.5) is 0 Å². The van der Waals surface area contributed by atoms with E-state index in [1.54, 1.807) is 0 Å². The molecule has 0 heterocycles. The fourth-order valence-electron chi connectivity index (χ4n) is 0.588. The van der Waals surface area contributed by atoms with E-state index in [1.165, 1.54) is 0 Å². The van der Waals surface area contributed by atoms with E-state index < -0.39 is 0 Å². The Bertz CT molecular complexity index is 43.8. The SMILES string of the molecule is CCOC(CC)CN. The lowest BCUT2D eigenvalue weighted by molar-refractivity contribution is 0.0666. The molecule has 50 valence electrons. The summed E-state index contributed by atoms with van der Waals surface area (Å²) in [6.07, 6.45) is 1.30. The second-order valence-corrected chi connectivity index (χ2v) is 1.72. The van der Waals surface area contributed by atoms with Crippen LogP contribution in [0.2, 0.25) is 0 Å². The van der Waals surface area contributed by atoms with Gasteiger partial charge in [-0.15, -0.1) is 0 Å². The molecule has 0 fully saturated rings. The van der Waals surface area contributed by atoms with Crippen molar-refractivity contribution in [3.63, 3.8) is 0 Å². The second kappa shape index (κ2) is 5.06. The van der Waals surface area contributed by atoms with Gasteiger partial charge in [-0.1, -0.05) is 6.92 Å². The van der Waals surface area contributed by atoms with Crippen LogP contribution in [0.3, 0.4) is 0 Å². The molecular weight excluding hydrogens is 102 g/mol. The summed E-state index contributed by atoms with van der Waals surface area (Å²) < 4.78 is 5.22. The fraction of sp³-hybridized carbons (Fsp3) is 1.00. The molecule has 0 amide bonds. The quantitative estimate of drug-likeness (QED) is 0.590. The van der Waals surface area contributed by atoms with E-state index in [0.717, 1.165) is 13.0 Å². The van der Waals surface area contributed by atoms with E-state index in [9.17, 15) is 0 Å². The maximum Gasteiger partial charge on any atom is 0.0694 e. The van der Waals surface area contributed by atoms with Gasteiger partial charge in [-0.2, -0.15) is 0 Å². The zero-order valence-electron chi connectivity index (χ0n) is 5.68. The Hall–Kier alpha value is -0.0800. The van der Waals surface area contributed by atoms with Crippen molar-refractivity contribution in [1.82, 2.24) is 0 Å². The van der Waals surface area contributed by atoms with Gasteiger partial charge in [0.25, 0.3) is 0 Å². The topological polar surface area (TPSA) is 35.2 Å². The summed E-state index contributed by atoms with van der Waals surface area (Å²) in [4.78, 5) is 0. The summed E-state index contributed by atoms with van der Waals surface area (Å²) >= 11 is 0. The highest BCUT2D eigenvalue weighted by molar-refractivity contribution is 4.52. The van der Waals surface area contributed by atoms with Crippen LogP contribution >= 0.6 is 0 Å². The van der Waals surface area contributed by atoms with E-state index in [0.29, 0.717) is 6.54 Å². The summed E-state index contributed by atoms with van der Waals surface area (Å²) in [5, 5.41) is 0. The van der Waals surface area contributed by atoms with Gasteiger partial charge in [-0.05, 0) is 13.3 Å². The molecule has 0 rings (SSSR count). The van der Waals surface area contributed by atoms with Gasteiger partial charge in [0.1, 0.15) is 0 Å². The molecule has 2 N–H and O–H groups in total. The lowest BCUT2D eigenvalue weighted by Gasteiger charge is -2.10. The van der Waals surface area contributed by atoms with Crippen LogP contribution in [0, 0.1) is 0 Å². The van der Waals surface area contributed by atoms with E-state index in [2.05, 4.69) is 6.92 Å². The van der Waals surface area contributed by atoms with Crippen molar-refractivity contribution in [2.75, 3.05) is 13.2 Å². The standard InChI is InChI=1S/C6H15NO/c1-3-6(5-7)8-4-2/h6H,3-5,7H2,1-2H3. The Morgan fingerprint density at radius 3 is 2.25 bits per heavy atom. The summed E-state index contributed by atoms with van der Waals surface area (Å²) in [5.74, 6) is 0. The van der Waals surface area contributed by atoms with Crippen LogP contribution in [0.15, 0.2) is 0 Å². The highest BCUT2D eigenvalue weighted by Gasteiger charge is 1.98. The summed E-state index contributed by atoms with van der Waals surface area (Å²) in [7, 11) is 0. The van der Waals surface area contributed by atoms with Crippen molar-refractivity contribution < 1.29 is 4.74 Å². The first-order chi connectivity index (χ1) is 3.85. The van der Waals surface area contributed by atoms with Crippen LogP contribution in [0.25, 0.3) is 0 Å². The van der Waals surface area contributed by atoms with Gasteiger partial charge in [0, 0.05) is 13.2 Å². The highest BCUT2D eigenvalue weighted by Crippen LogP contribution is 1.92. The van der Waals surface area contributed by atoms with Gasteiger partial charge in [0.05, 0.1) is 6.10 Å². The molecule has 0 aromatic carbocycles. The van der Waals surface area contributed by atoms with Crippen molar-refractivity contribution in [1.29, 1.82) is 0 Å². The zero-order valence-corrected chi connectivity index (χ0v) is 5.68. The lowest BCUT2D eigenvalue weighted by Crippen LogP contribution is -2.22. The normalized spacial score (nSPS) is 13.9. The molecular formula is C6H15NO. The maximum atomic E-state index is 5.34.